The van der Waals surface area contributed by atoms with Gasteiger partial charge in [0.2, 0.25) is 5.91 Å². The molecular weight excluding hydrogens is 466 g/mol. The summed E-state index contributed by atoms with van der Waals surface area (Å²) >= 11 is 7.26. The van der Waals surface area contributed by atoms with Gasteiger partial charge in [-0.05, 0) is 43.3 Å². The average molecular weight is 492 g/mol. The number of fused-ring (bicyclic) bond motifs is 1. The van der Waals surface area contributed by atoms with Crippen LogP contribution in [0.25, 0.3) is 10.9 Å². The third-order valence-corrected chi connectivity index (χ3v) is 6.23. The van der Waals surface area contributed by atoms with Gasteiger partial charge in [-0.15, -0.1) is 0 Å². The van der Waals surface area contributed by atoms with E-state index in [-0.39, 0.29) is 23.3 Å². The summed E-state index contributed by atoms with van der Waals surface area (Å²) in [5.41, 5.74) is 1.08. The number of thioether (sulfide) groups is 1. The van der Waals surface area contributed by atoms with E-state index in [2.05, 4.69) is 10.3 Å². The first kappa shape index (κ1) is 24.9. The quantitative estimate of drug-likeness (QED) is 0.341. The molecule has 3 rings (SSSR count). The number of amides is 1. The molecule has 33 heavy (non-hydrogen) atoms. The second-order valence-electron chi connectivity index (χ2n) is 7.19. The van der Waals surface area contributed by atoms with Gasteiger partial charge in [0.1, 0.15) is 11.5 Å². The lowest BCUT2D eigenvalue weighted by molar-refractivity contribution is -0.119. The predicted molar refractivity (Wildman–Crippen MR) is 130 cm³/mol. The molecule has 0 radical (unpaired) electrons. The lowest BCUT2D eigenvalue weighted by atomic mass is 10.1. The highest BCUT2D eigenvalue weighted by Gasteiger charge is 2.17. The van der Waals surface area contributed by atoms with Crippen molar-refractivity contribution < 1.29 is 19.0 Å². The maximum atomic E-state index is 13.0. The van der Waals surface area contributed by atoms with Crippen molar-refractivity contribution in [1.82, 2.24) is 14.9 Å². The number of ether oxygens (including phenoxy) is 3. The van der Waals surface area contributed by atoms with Crippen molar-refractivity contribution in [3.05, 3.63) is 57.3 Å². The van der Waals surface area contributed by atoms with Crippen LogP contribution in [0.2, 0.25) is 5.02 Å². The van der Waals surface area contributed by atoms with Crippen LogP contribution >= 0.6 is 23.4 Å². The Morgan fingerprint density at radius 1 is 1.18 bits per heavy atom. The van der Waals surface area contributed by atoms with Crippen LogP contribution in [0.5, 0.6) is 11.5 Å². The van der Waals surface area contributed by atoms with Crippen LogP contribution in [-0.4, -0.2) is 49.1 Å². The van der Waals surface area contributed by atoms with Crippen LogP contribution in [-0.2, 0) is 16.1 Å². The molecule has 3 aromatic rings. The fraction of sp³-hybridized carbons (Fsp3) is 0.348. The minimum absolute atomic E-state index is 0.0715. The summed E-state index contributed by atoms with van der Waals surface area (Å²) in [5, 5.41) is 4.33. The number of hydrogen-bond donors (Lipinski definition) is 1. The van der Waals surface area contributed by atoms with Gasteiger partial charge in [-0.2, -0.15) is 0 Å². The van der Waals surface area contributed by atoms with Crippen molar-refractivity contribution in [2.45, 2.75) is 24.7 Å². The van der Waals surface area contributed by atoms with Crippen molar-refractivity contribution in [1.29, 1.82) is 0 Å². The Balaban J connectivity index is 1.79. The van der Waals surface area contributed by atoms with Crippen molar-refractivity contribution in [3.8, 4) is 11.5 Å². The minimum Gasteiger partial charge on any atom is -0.497 e. The smallest absolute Gasteiger partial charge is 0.262 e. The minimum atomic E-state index is -0.317. The lowest BCUT2D eigenvalue weighted by Gasteiger charge is -2.18. The van der Waals surface area contributed by atoms with E-state index in [1.54, 1.807) is 51.7 Å². The zero-order chi connectivity index (χ0) is 24.0. The summed E-state index contributed by atoms with van der Waals surface area (Å²) < 4.78 is 17.3. The fourth-order valence-corrected chi connectivity index (χ4v) is 4.34. The molecular formula is C23H26ClN3O5S. The molecule has 0 aliphatic heterocycles. The third kappa shape index (κ3) is 5.98. The molecule has 0 saturated carbocycles. The number of rotatable bonds is 10. The third-order valence-electron chi connectivity index (χ3n) is 5.01. The number of carbonyl (C=O) groups is 1. The molecule has 0 spiro atoms. The van der Waals surface area contributed by atoms with Crippen molar-refractivity contribution >= 4 is 40.2 Å². The zero-order valence-electron chi connectivity index (χ0n) is 18.9. The molecule has 0 fully saturated rings. The molecule has 10 heteroatoms. The first-order valence-corrected chi connectivity index (χ1v) is 11.6. The van der Waals surface area contributed by atoms with Crippen molar-refractivity contribution in [2.24, 2.45) is 0 Å². The molecule has 1 atom stereocenters. The van der Waals surface area contributed by atoms with Crippen molar-refractivity contribution in [2.75, 3.05) is 33.7 Å². The summed E-state index contributed by atoms with van der Waals surface area (Å²) in [6.07, 6.45) is 0. The fourth-order valence-electron chi connectivity index (χ4n) is 3.33. The van der Waals surface area contributed by atoms with Gasteiger partial charge in [-0.25, -0.2) is 4.98 Å². The number of benzene rings is 2. The maximum Gasteiger partial charge on any atom is 0.262 e. The molecule has 0 aliphatic rings. The SMILES string of the molecule is COCCn1c(SCC(=O)NC(C)c2cc(OC)ccc2OC)nc2cc(Cl)ccc2c1=O. The van der Waals surface area contributed by atoms with Gasteiger partial charge in [0.25, 0.3) is 5.56 Å². The summed E-state index contributed by atoms with van der Waals surface area (Å²) in [7, 11) is 4.72. The first-order valence-electron chi connectivity index (χ1n) is 10.2. The van der Waals surface area contributed by atoms with Gasteiger partial charge >= 0.3 is 0 Å². The van der Waals surface area contributed by atoms with Crippen LogP contribution in [0.1, 0.15) is 18.5 Å². The van der Waals surface area contributed by atoms with E-state index in [1.165, 1.54) is 16.3 Å². The molecule has 1 heterocycles. The number of carbonyl (C=O) groups excluding carboxylic acids is 1. The normalized spacial score (nSPS) is 11.9. The Bertz CT molecular complexity index is 1200. The van der Waals surface area contributed by atoms with Gasteiger partial charge in [-0.1, -0.05) is 23.4 Å². The lowest BCUT2D eigenvalue weighted by Crippen LogP contribution is -2.29. The summed E-state index contributed by atoms with van der Waals surface area (Å²) in [5.74, 6) is 1.18. The summed E-state index contributed by atoms with van der Waals surface area (Å²) in [6, 6.07) is 10.0. The van der Waals surface area contributed by atoms with E-state index in [4.69, 9.17) is 25.8 Å². The molecule has 1 amide bonds. The highest BCUT2D eigenvalue weighted by atomic mass is 35.5. The molecule has 2 aromatic carbocycles. The van der Waals surface area contributed by atoms with Crippen LogP contribution in [0, 0.1) is 0 Å². The number of halogens is 1. The van der Waals surface area contributed by atoms with Crippen LogP contribution in [0.4, 0.5) is 0 Å². The van der Waals surface area contributed by atoms with Crippen molar-refractivity contribution in [3.63, 3.8) is 0 Å². The highest BCUT2D eigenvalue weighted by Crippen LogP contribution is 2.29. The standard InChI is InChI=1S/C23H26ClN3O5S/c1-14(18-12-16(31-3)6-8-20(18)32-4)25-21(28)13-33-23-26-19-11-15(24)5-7-17(19)22(29)27(23)9-10-30-2/h5-8,11-12,14H,9-10,13H2,1-4H3,(H,25,28). The van der Waals surface area contributed by atoms with Gasteiger partial charge in [-0.3, -0.25) is 14.2 Å². The number of aromatic nitrogens is 2. The Hall–Kier alpha value is -2.75. The maximum absolute atomic E-state index is 13.0. The van der Waals surface area contributed by atoms with E-state index >= 15 is 0 Å². The van der Waals surface area contributed by atoms with Gasteiger partial charge in [0.15, 0.2) is 5.16 Å². The molecule has 1 aromatic heterocycles. The van der Waals surface area contributed by atoms with Crippen LogP contribution in [0.3, 0.4) is 0 Å². The monoisotopic (exact) mass is 491 g/mol. The molecule has 0 saturated heterocycles. The summed E-state index contributed by atoms with van der Waals surface area (Å²) in [6.45, 7) is 2.53. The summed E-state index contributed by atoms with van der Waals surface area (Å²) in [4.78, 5) is 30.3. The number of nitrogens with one attached hydrogen (secondary N) is 1. The topological polar surface area (TPSA) is 91.7 Å². The predicted octanol–water partition coefficient (Wildman–Crippen LogP) is 3.68. The van der Waals surface area contributed by atoms with E-state index in [1.807, 2.05) is 13.0 Å². The first-order chi connectivity index (χ1) is 15.9. The largest absolute Gasteiger partial charge is 0.497 e. The van der Waals surface area contributed by atoms with Gasteiger partial charge in [0, 0.05) is 17.7 Å². The highest BCUT2D eigenvalue weighted by molar-refractivity contribution is 7.99. The zero-order valence-corrected chi connectivity index (χ0v) is 20.5. The molecule has 1 unspecified atom stereocenters. The second-order valence-corrected chi connectivity index (χ2v) is 8.57. The molecule has 176 valence electrons. The van der Waals surface area contributed by atoms with E-state index < -0.39 is 0 Å². The van der Waals surface area contributed by atoms with Gasteiger partial charge < -0.3 is 19.5 Å². The second kappa shape index (κ2) is 11.4. The molecule has 8 nitrogen and oxygen atoms in total. The van der Waals surface area contributed by atoms with E-state index in [0.29, 0.717) is 45.7 Å². The Morgan fingerprint density at radius 3 is 2.67 bits per heavy atom. The molecule has 1 N–H and O–H groups in total. The number of hydrogen-bond acceptors (Lipinski definition) is 7. The molecule has 0 bridgehead atoms. The van der Waals surface area contributed by atoms with Gasteiger partial charge in [0.05, 0.1) is 50.1 Å². The average Bonchev–Trinajstić information content (AvgIpc) is 2.81. The van der Waals surface area contributed by atoms with E-state index in [9.17, 15) is 9.59 Å². The Kier molecular flexibility index (Phi) is 8.60. The van der Waals surface area contributed by atoms with Crippen LogP contribution in [0.15, 0.2) is 46.3 Å². The Morgan fingerprint density at radius 2 is 1.97 bits per heavy atom. The number of nitrogens with zero attached hydrogens (tertiary/aromatic N) is 2. The molecule has 0 aliphatic carbocycles. The van der Waals surface area contributed by atoms with Crippen LogP contribution < -0.4 is 20.3 Å². The Labute approximate surface area is 201 Å². The van der Waals surface area contributed by atoms with E-state index in [0.717, 1.165) is 5.56 Å². The number of methoxy groups -OCH3 is 3.